The summed E-state index contributed by atoms with van der Waals surface area (Å²) in [5, 5.41) is 4.73. The molecular weight excluding hydrogens is 341 g/mol. The fraction of sp³-hybridized carbons (Fsp3) is 0.400. The largest absolute Gasteiger partial charge is 0.489 e. The van der Waals surface area contributed by atoms with E-state index in [9.17, 15) is 0 Å². The first kappa shape index (κ1) is 19.1. The zero-order valence-electron chi connectivity index (χ0n) is 14.5. The maximum Gasteiger partial charge on any atom is 0.142 e. The first-order valence-corrected chi connectivity index (χ1v) is 9.13. The summed E-state index contributed by atoms with van der Waals surface area (Å²) in [5.41, 5.74) is 2.36. The number of rotatable bonds is 8. The number of nitrogens with one attached hydrogen (secondary N) is 1. The fourth-order valence-corrected chi connectivity index (χ4v) is 3.11. The molecule has 0 spiro atoms. The summed E-state index contributed by atoms with van der Waals surface area (Å²) >= 11 is 12.4. The van der Waals surface area contributed by atoms with Gasteiger partial charge in [0.2, 0.25) is 0 Å². The molecule has 2 nitrogen and oxygen atoms in total. The molecule has 0 aliphatic heterocycles. The minimum Gasteiger partial charge on any atom is -0.489 e. The van der Waals surface area contributed by atoms with Crippen LogP contribution >= 0.6 is 23.2 Å². The van der Waals surface area contributed by atoms with Crippen molar-refractivity contribution < 1.29 is 4.74 Å². The van der Waals surface area contributed by atoms with Gasteiger partial charge >= 0.3 is 0 Å². The molecule has 0 aromatic heterocycles. The van der Waals surface area contributed by atoms with Crippen molar-refractivity contribution in [1.29, 1.82) is 0 Å². The number of halogens is 2. The average Bonchev–Trinajstić information content (AvgIpc) is 2.54. The molecule has 1 atom stereocenters. The van der Waals surface area contributed by atoms with Gasteiger partial charge < -0.3 is 10.1 Å². The number of hydrogen-bond donors (Lipinski definition) is 1. The van der Waals surface area contributed by atoms with Gasteiger partial charge in [0.15, 0.2) is 0 Å². The Labute approximate surface area is 155 Å². The van der Waals surface area contributed by atoms with Crippen LogP contribution in [-0.2, 0) is 13.0 Å². The third-order valence-electron chi connectivity index (χ3n) is 3.79. The Morgan fingerprint density at radius 2 is 1.75 bits per heavy atom. The molecule has 1 N–H and O–H groups in total. The maximum atomic E-state index is 6.30. The minimum absolute atomic E-state index is 0.0675. The molecule has 0 aliphatic carbocycles. The molecule has 0 fully saturated rings. The standard InChI is InChI=1S/C20H25Cl2NO/c1-14(2)24-20-17(11-18(21)12-19(20)22)13-23-15(3)9-10-16-7-5-4-6-8-16/h4-8,11-12,14-15,23H,9-10,13H2,1-3H3. The smallest absolute Gasteiger partial charge is 0.142 e. The molecule has 0 amide bonds. The molecule has 0 aliphatic rings. The number of hydrogen-bond acceptors (Lipinski definition) is 2. The van der Waals surface area contributed by atoms with Crippen molar-refractivity contribution in [3.63, 3.8) is 0 Å². The Morgan fingerprint density at radius 1 is 1.04 bits per heavy atom. The van der Waals surface area contributed by atoms with Crippen molar-refractivity contribution in [3.05, 3.63) is 63.6 Å². The van der Waals surface area contributed by atoms with Gasteiger partial charge in [-0.2, -0.15) is 0 Å². The number of benzene rings is 2. The van der Waals surface area contributed by atoms with E-state index in [1.54, 1.807) is 6.07 Å². The highest BCUT2D eigenvalue weighted by Gasteiger charge is 2.13. The van der Waals surface area contributed by atoms with Gasteiger partial charge in [-0.3, -0.25) is 0 Å². The summed E-state index contributed by atoms with van der Waals surface area (Å²) in [6.45, 7) is 6.85. The van der Waals surface area contributed by atoms with Gasteiger partial charge in [-0.15, -0.1) is 0 Å². The van der Waals surface area contributed by atoms with Gasteiger partial charge in [-0.05, 0) is 51.3 Å². The van der Waals surface area contributed by atoms with Crippen molar-refractivity contribution in [1.82, 2.24) is 5.32 Å². The van der Waals surface area contributed by atoms with E-state index in [1.165, 1.54) is 5.56 Å². The van der Waals surface area contributed by atoms with E-state index in [0.717, 1.165) is 24.2 Å². The average molecular weight is 366 g/mol. The summed E-state index contributed by atoms with van der Waals surface area (Å²) < 4.78 is 5.86. The third kappa shape index (κ3) is 6.01. The van der Waals surface area contributed by atoms with E-state index in [4.69, 9.17) is 27.9 Å². The molecular formula is C20H25Cl2NO. The Kier molecular flexibility index (Phi) is 7.41. The molecule has 4 heteroatoms. The topological polar surface area (TPSA) is 21.3 Å². The van der Waals surface area contributed by atoms with Gasteiger partial charge in [0, 0.05) is 23.2 Å². The molecule has 0 radical (unpaired) electrons. The molecule has 2 rings (SSSR count). The molecule has 0 saturated heterocycles. The highest BCUT2D eigenvalue weighted by Crippen LogP contribution is 2.33. The second-order valence-corrected chi connectivity index (χ2v) is 7.19. The molecule has 0 saturated carbocycles. The van der Waals surface area contributed by atoms with Crippen molar-refractivity contribution in [2.75, 3.05) is 0 Å². The predicted octanol–water partition coefficient (Wildman–Crippen LogP) is 5.89. The van der Waals surface area contributed by atoms with Crippen molar-refractivity contribution >= 4 is 23.2 Å². The van der Waals surface area contributed by atoms with E-state index < -0.39 is 0 Å². The lowest BCUT2D eigenvalue weighted by atomic mass is 10.1. The molecule has 2 aromatic carbocycles. The molecule has 130 valence electrons. The number of ether oxygens (including phenoxy) is 1. The van der Waals surface area contributed by atoms with Gasteiger partial charge in [0.1, 0.15) is 5.75 Å². The van der Waals surface area contributed by atoms with Gasteiger partial charge in [0.25, 0.3) is 0 Å². The van der Waals surface area contributed by atoms with Crippen LogP contribution < -0.4 is 10.1 Å². The van der Waals surface area contributed by atoms with E-state index in [-0.39, 0.29) is 6.10 Å². The Hall–Kier alpha value is -1.22. The first-order chi connectivity index (χ1) is 11.5. The lowest BCUT2D eigenvalue weighted by Gasteiger charge is -2.19. The zero-order valence-corrected chi connectivity index (χ0v) is 16.0. The van der Waals surface area contributed by atoms with E-state index in [2.05, 4.69) is 36.5 Å². The monoisotopic (exact) mass is 365 g/mol. The quantitative estimate of drug-likeness (QED) is 0.629. The van der Waals surface area contributed by atoms with Crippen LogP contribution in [-0.4, -0.2) is 12.1 Å². The molecule has 1 unspecified atom stereocenters. The van der Waals surface area contributed by atoms with Gasteiger partial charge in [-0.1, -0.05) is 53.5 Å². The normalized spacial score (nSPS) is 12.4. The third-order valence-corrected chi connectivity index (χ3v) is 4.29. The van der Waals surface area contributed by atoms with Gasteiger partial charge in [0.05, 0.1) is 11.1 Å². The maximum absolute atomic E-state index is 6.30. The molecule has 0 bridgehead atoms. The van der Waals surface area contributed by atoms with E-state index in [0.29, 0.717) is 22.6 Å². The van der Waals surface area contributed by atoms with Crippen LogP contribution in [0.2, 0.25) is 10.0 Å². The lowest BCUT2D eigenvalue weighted by Crippen LogP contribution is -2.26. The van der Waals surface area contributed by atoms with Crippen LogP contribution in [0.25, 0.3) is 0 Å². The highest BCUT2D eigenvalue weighted by molar-refractivity contribution is 6.35. The van der Waals surface area contributed by atoms with E-state index in [1.807, 2.05) is 26.0 Å². The summed E-state index contributed by atoms with van der Waals surface area (Å²) in [5.74, 6) is 0.721. The van der Waals surface area contributed by atoms with Crippen LogP contribution in [0.1, 0.15) is 38.3 Å². The van der Waals surface area contributed by atoms with Gasteiger partial charge in [-0.25, -0.2) is 0 Å². The molecule has 2 aromatic rings. The van der Waals surface area contributed by atoms with Crippen LogP contribution in [0.15, 0.2) is 42.5 Å². The van der Waals surface area contributed by atoms with Crippen LogP contribution in [0.5, 0.6) is 5.75 Å². The zero-order chi connectivity index (χ0) is 17.5. The minimum atomic E-state index is 0.0675. The van der Waals surface area contributed by atoms with Crippen LogP contribution in [0.3, 0.4) is 0 Å². The van der Waals surface area contributed by atoms with Crippen molar-refractivity contribution in [3.8, 4) is 5.75 Å². The fourth-order valence-electron chi connectivity index (χ4n) is 2.53. The van der Waals surface area contributed by atoms with Crippen LogP contribution in [0.4, 0.5) is 0 Å². The Balaban J connectivity index is 1.95. The van der Waals surface area contributed by atoms with Crippen molar-refractivity contribution in [2.24, 2.45) is 0 Å². The second kappa shape index (κ2) is 9.31. The summed E-state index contributed by atoms with van der Waals surface area (Å²) in [7, 11) is 0. The van der Waals surface area contributed by atoms with E-state index >= 15 is 0 Å². The lowest BCUT2D eigenvalue weighted by molar-refractivity contribution is 0.239. The SMILES string of the molecule is CC(CCc1ccccc1)NCc1cc(Cl)cc(Cl)c1OC(C)C. The summed E-state index contributed by atoms with van der Waals surface area (Å²) in [4.78, 5) is 0. The second-order valence-electron chi connectivity index (χ2n) is 6.35. The van der Waals surface area contributed by atoms with Crippen molar-refractivity contribution in [2.45, 2.75) is 52.3 Å². The van der Waals surface area contributed by atoms with Crippen LogP contribution in [0, 0.1) is 0 Å². The number of aryl methyl sites for hydroxylation is 1. The Morgan fingerprint density at radius 3 is 2.42 bits per heavy atom. The summed E-state index contributed by atoms with van der Waals surface area (Å²) in [6.07, 6.45) is 2.19. The Bertz CT molecular complexity index is 644. The predicted molar refractivity (Wildman–Crippen MR) is 103 cm³/mol. The molecule has 24 heavy (non-hydrogen) atoms. The molecule has 0 heterocycles. The summed E-state index contributed by atoms with van der Waals surface area (Å²) in [6, 6.07) is 14.6. The first-order valence-electron chi connectivity index (χ1n) is 8.37. The highest BCUT2D eigenvalue weighted by atomic mass is 35.5.